The second-order valence-electron chi connectivity index (χ2n) is 6.00. The zero-order chi connectivity index (χ0) is 17.6. The number of benzene rings is 1. The molecule has 0 unspecified atom stereocenters. The first-order chi connectivity index (χ1) is 11.9. The van der Waals surface area contributed by atoms with Crippen LogP contribution in [0, 0.1) is 5.92 Å². The number of anilines is 1. The van der Waals surface area contributed by atoms with Gasteiger partial charge in [-0.05, 0) is 31.0 Å². The predicted octanol–water partition coefficient (Wildman–Crippen LogP) is 4.46. The summed E-state index contributed by atoms with van der Waals surface area (Å²) in [6.45, 7) is 0. The van der Waals surface area contributed by atoms with Crippen LogP contribution >= 0.6 is 11.6 Å². The summed E-state index contributed by atoms with van der Waals surface area (Å²) in [5.41, 5.74) is 1.08. The normalized spacial score (nSPS) is 17.9. The van der Waals surface area contributed by atoms with Crippen LogP contribution in [0.4, 0.5) is 14.6 Å². The molecule has 8 heteroatoms. The Morgan fingerprint density at radius 2 is 1.96 bits per heavy atom. The predicted molar refractivity (Wildman–Crippen MR) is 86.9 cm³/mol. The molecule has 25 heavy (non-hydrogen) atoms. The number of rotatable bonds is 3. The zero-order valence-electron chi connectivity index (χ0n) is 12.9. The lowest BCUT2D eigenvalue weighted by Gasteiger charge is -2.23. The van der Waals surface area contributed by atoms with Crippen LogP contribution in [0.2, 0.25) is 5.02 Å². The minimum atomic E-state index is -3.70. The SMILES string of the molecule is O=C(Nc1ccc(-c2cc3c(cc2Cl)OC(F)(F)O3)cn1)C1CCC1. The van der Waals surface area contributed by atoms with Crippen molar-refractivity contribution in [3.8, 4) is 22.6 Å². The summed E-state index contributed by atoms with van der Waals surface area (Å²) in [5, 5.41) is 2.99. The highest BCUT2D eigenvalue weighted by atomic mass is 35.5. The molecule has 1 aromatic carbocycles. The molecule has 0 bridgehead atoms. The Kier molecular flexibility index (Phi) is 3.76. The number of hydrogen-bond donors (Lipinski definition) is 1. The van der Waals surface area contributed by atoms with Crippen LogP contribution in [0.1, 0.15) is 19.3 Å². The quantitative estimate of drug-likeness (QED) is 0.871. The highest BCUT2D eigenvalue weighted by Gasteiger charge is 2.43. The third-order valence-electron chi connectivity index (χ3n) is 4.29. The number of ether oxygens (including phenoxy) is 2. The number of amides is 1. The summed E-state index contributed by atoms with van der Waals surface area (Å²) >= 11 is 6.15. The average Bonchev–Trinajstić information content (AvgIpc) is 2.78. The number of carbonyl (C=O) groups is 1. The molecule has 2 aliphatic rings. The van der Waals surface area contributed by atoms with E-state index in [-0.39, 0.29) is 28.3 Å². The third kappa shape index (κ3) is 3.11. The molecule has 1 aliphatic heterocycles. The van der Waals surface area contributed by atoms with Crippen molar-refractivity contribution in [3.05, 3.63) is 35.5 Å². The maximum absolute atomic E-state index is 13.1. The van der Waals surface area contributed by atoms with E-state index < -0.39 is 6.29 Å². The lowest BCUT2D eigenvalue weighted by Crippen LogP contribution is -2.28. The van der Waals surface area contributed by atoms with Crippen molar-refractivity contribution in [3.63, 3.8) is 0 Å². The topological polar surface area (TPSA) is 60.5 Å². The number of carbonyl (C=O) groups excluding carboxylic acids is 1. The molecule has 1 amide bonds. The van der Waals surface area contributed by atoms with Gasteiger partial charge in [-0.1, -0.05) is 18.0 Å². The molecule has 0 spiro atoms. The van der Waals surface area contributed by atoms with E-state index in [1.165, 1.54) is 18.3 Å². The molecule has 0 radical (unpaired) electrons. The third-order valence-corrected chi connectivity index (χ3v) is 4.61. The van der Waals surface area contributed by atoms with E-state index in [0.717, 1.165) is 19.3 Å². The lowest BCUT2D eigenvalue weighted by molar-refractivity contribution is -0.286. The maximum Gasteiger partial charge on any atom is 0.586 e. The summed E-state index contributed by atoms with van der Waals surface area (Å²) in [4.78, 5) is 16.1. The molecule has 1 saturated carbocycles. The number of fused-ring (bicyclic) bond motifs is 1. The molecular weight excluding hydrogens is 354 g/mol. The van der Waals surface area contributed by atoms with Crippen LogP contribution < -0.4 is 14.8 Å². The van der Waals surface area contributed by atoms with Crippen molar-refractivity contribution >= 4 is 23.3 Å². The number of nitrogens with one attached hydrogen (secondary N) is 1. The molecule has 1 N–H and O–H groups in total. The fraction of sp³-hybridized carbons (Fsp3) is 0.294. The van der Waals surface area contributed by atoms with E-state index in [2.05, 4.69) is 19.8 Å². The van der Waals surface area contributed by atoms with Gasteiger partial charge >= 0.3 is 6.29 Å². The minimum Gasteiger partial charge on any atom is -0.395 e. The number of hydrogen-bond acceptors (Lipinski definition) is 4. The zero-order valence-corrected chi connectivity index (χ0v) is 13.6. The average molecular weight is 367 g/mol. The number of alkyl halides is 2. The van der Waals surface area contributed by atoms with Crippen LogP contribution in [-0.4, -0.2) is 17.2 Å². The van der Waals surface area contributed by atoms with E-state index in [9.17, 15) is 13.6 Å². The first-order valence-corrected chi connectivity index (χ1v) is 8.16. The molecule has 1 aromatic heterocycles. The Morgan fingerprint density at radius 3 is 2.56 bits per heavy atom. The summed E-state index contributed by atoms with van der Waals surface area (Å²) < 4.78 is 35.1. The van der Waals surface area contributed by atoms with Crippen LogP contribution in [0.15, 0.2) is 30.5 Å². The Balaban J connectivity index is 1.55. The fourth-order valence-corrected chi connectivity index (χ4v) is 2.98. The molecule has 2 aromatic rings. The van der Waals surface area contributed by atoms with Gasteiger partial charge in [0.1, 0.15) is 5.82 Å². The van der Waals surface area contributed by atoms with Gasteiger partial charge in [0.15, 0.2) is 11.5 Å². The van der Waals surface area contributed by atoms with Crippen molar-refractivity contribution in [1.82, 2.24) is 4.98 Å². The van der Waals surface area contributed by atoms with Gasteiger partial charge in [0.05, 0.1) is 5.02 Å². The minimum absolute atomic E-state index is 0.0326. The number of aromatic nitrogens is 1. The molecule has 2 heterocycles. The van der Waals surface area contributed by atoms with Gasteiger partial charge in [-0.3, -0.25) is 4.79 Å². The van der Waals surface area contributed by atoms with E-state index in [0.29, 0.717) is 16.9 Å². The second kappa shape index (κ2) is 5.84. The summed E-state index contributed by atoms with van der Waals surface area (Å²) in [5.74, 6) is 0.258. The van der Waals surface area contributed by atoms with Crippen molar-refractivity contribution in [2.24, 2.45) is 5.92 Å². The second-order valence-corrected chi connectivity index (χ2v) is 6.40. The fourth-order valence-electron chi connectivity index (χ4n) is 2.72. The van der Waals surface area contributed by atoms with Gasteiger partial charge in [-0.2, -0.15) is 0 Å². The number of halogens is 3. The molecule has 0 saturated heterocycles. The molecule has 1 fully saturated rings. The van der Waals surface area contributed by atoms with E-state index in [1.54, 1.807) is 12.1 Å². The van der Waals surface area contributed by atoms with Gasteiger partial charge in [0.2, 0.25) is 5.91 Å². The van der Waals surface area contributed by atoms with Crippen molar-refractivity contribution in [2.45, 2.75) is 25.6 Å². The standard InChI is InChI=1S/C17H13ClF2N2O3/c18-12-7-14-13(24-17(19,20)25-14)6-11(12)10-4-5-15(21-8-10)22-16(23)9-2-1-3-9/h4-9H,1-3H2,(H,21,22,23). The van der Waals surface area contributed by atoms with Crippen LogP contribution in [0.3, 0.4) is 0 Å². The smallest absolute Gasteiger partial charge is 0.395 e. The van der Waals surface area contributed by atoms with Crippen LogP contribution in [0.25, 0.3) is 11.1 Å². The largest absolute Gasteiger partial charge is 0.586 e. The molecule has 130 valence electrons. The summed E-state index contributed by atoms with van der Waals surface area (Å²) in [6, 6.07) is 5.99. The van der Waals surface area contributed by atoms with Crippen LogP contribution in [0.5, 0.6) is 11.5 Å². The molecular formula is C17H13ClF2N2O3. The first kappa shape index (κ1) is 16.1. The summed E-state index contributed by atoms with van der Waals surface area (Å²) in [6.07, 6.45) is 0.699. The van der Waals surface area contributed by atoms with E-state index in [1.807, 2.05) is 0 Å². The first-order valence-electron chi connectivity index (χ1n) is 7.78. The highest BCUT2D eigenvalue weighted by Crippen LogP contribution is 2.46. The molecule has 1 aliphatic carbocycles. The van der Waals surface area contributed by atoms with Gasteiger partial charge in [-0.15, -0.1) is 8.78 Å². The van der Waals surface area contributed by atoms with E-state index >= 15 is 0 Å². The van der Waals surface area contributed by atoms with Crippen LogP contribution in [-0.2, 0) is 4.79 Å². The maximum atomic E-state index is 13.1. The highest BCUT2D eigenvalue weighted by molar-refractivity contribution is 6.33. The van der Waals surface area contributed by atoms with Crippen molar-refractivity contribution < 1.29 is 23.0 Å². The van der Waals surface area contributed by atoms with Crippen molar-refractivity contribution in [2.75, 3.05) is 5.32 Å². The monoisotopic (exact) mass is 366 g/mol. The van der Waals surface area contributed by atoms with Crippen molar-refractivity contribution in [1.29, 1.82) is 0 Å². The lowest BCUT2D eigenvalue weighted by atomic mass is 9.85. The van der Waals surface area contributed by atoms with Gasteiger partial charge < -0.3 is 14.8 Å². The van der Waals surface area contributed by atoms with Gasteiger partial charge in [-0.25, -0.2) is 4.98 Å². The van der Waals surface area contributed by atoms with Gasteiger partial charge in [0, 0.05) is 29.3 Å². The Bertz CT molecular complexity index is 839. The Hall–Kier alpha value is -2.41. The molecule has 0 atom stereocenters. The molecule has 4 rings (SSSR count). The number of pyridine rings is 1. The Morgan fingerprint density at radius 1 is 1.24 bits per heavy atom. The summed E-state index contributed by atoms with van der Waals surface area (Å²) in [7, 11) is 0. The van der Waals surface area contributed by atoms with E-state index in [4.69, 9.17) is 11.6 Å². The van der Waals surface area contributed by atoms with Gasteiger partial charge in [0.25, 0.3) is 0 Å². The Labute approximate surface area is 146 Å². The number of nitrogens with zero attached hydrogens (tertiary/aromatic N) is 1. The molecule has 5 nitrogen and oxygen atoms in total.